The number of carboxylic acid groups (broad SMARTS) is 1. The van der Waals surface area contributed by atoms with Gasteiger partial charge in [-0.15, -0.1) is 0 Å². The fraction of sp³-hybridized carbons (Fsp3) is 0.417. The Morgan fingerprint density at radius 3 is 2.65 bits per heavy atom. The number of rotatable bonds is 8. The summed E-state index contributed by atoms with van der Waals surface area (Å²) in [6.45, 7) is 6.06. The standard InChI is InChI=1S/C24H27ClFNO4/c1-15(2)8-9-27(14-22(28)29)23(30)17-5-7-21-18(11-17)13-24(3,31-21)12-16-4-6-19(25)20(26)10-16/h4-7,10-11,15H,8-9,12-14H2,1-3H3,(H,28,29)/t24-/m1/s1. The number of benzene rings is 2. The summed E-state index contributed by atoms with van der Waals surface area (Å²) < 4.78 is 19.9. The van der Waals surface area contributed by atoms with E-state index < -0.39 is 17.4 Å². The Morgan fingerprint density at radius 2 is 2.00 bits per heavy atom. The summed E-state index contributed by atoms with van der Waals surface area (Å²) in [5.74, 6) is -0.772. The fourth-order valence-corrected chi connectivity index (χ4v) is 3.96. The van der Waals surface area contributed by atoms with Crippen LogP contribution < -0.4 is 4.74 Å². The van der Waals surface area contributed by atoms with E-state index in [-0.39, 0.29) is 17.5 Å². The van der Waals surface area contributed by atoms with Gasteiger partial charge in [-0.25, -0.2) is 4.39 Å². The Bertz CT molecular complexity index is 994. The van der Waals surface area contributed by atoms with Crippen LogP contribution in [0.1, 0.15) is 48.7 Å². The maximum absolute atomic E-state index is 13.8. The van der Waals surface area contributed by atoms with Crippen LogP contribution in [0.25, 0.3) is 0 Å². The molecule has 0 aliphatic carbocycles. The van der Waals surface area contributed by atoms with E-state index in [4.69, 9.17) is 16.3 Å². The summed E-state index contributed by atoms with van der Waals surface area (Å²) in [6.07, 6.45) is 1.76. The summed E-state index contributed by atoms with van der Waals surface area (Å²) in [5.41, 5.74) is 1.51. The lowest BCUT2D eigenvalue weighted by Crippen LogP contribution is -2.37. The number of fused-ring (bicyclic) bond motifs is 1. The molecule has 0 radical (unpaired) electrons. The third kappa shape index (κ3) is 5.76. The molecule has 1 atom stereocenters. The van der Waals surface area contributed by atoms with Crippen molar-refractivity contribution in [2.45, 2.75) is 45.6 Å². The molecular formula is C24H27ClFNO4. The van der Waals surface area contributed by atoms with E-state index >= 15 is 0 Å². The number of carboxylic acids is 1. The molecule has 0 spiro atoms. The van der Waals surface area contributed by atoms with Crippen LogP contribution in [0.2, 0.25) is 5.02 Å². The van der Waals surface area contributed by atoms with Crippen LogP contribution in [0.3, 0.4) is 0 Å². The molecule has 7 heteroatoms. The summed E-state index contributed by atoms with van der Waals surface area (Å²) >= 11 is 5.77. The Morgan fingerprint density at radius 1 is 1.26 bits per heavy atom. The minimum absolute atomic E-state index is 0.0797. The first-order valence-electron chi connectivity index (χ1n) is 10.3. The van der Waals surface area contributed by atoms with Crippen LogP contribution >= 0.6 is 11.6 Å². The molecule has 0 saturated carbocycles. The van der Waals surface area contributed by atoms with Crippen molar-refractivity contribution in [3.8, 4) is 5.75 Å². The maximum atomic E-state index is 13.8. The normalized spacial score (nSPS) is 17.4. The molecule has 0 saturated heterocycles. The summed E-state index contributed by atoms with van der Waals surface area (Å²) in [6, 6.07) is 9.90. The molecule has 0 unspecified atom stereocenters. The molecule has 1 aliphatic rings. The fourth-order valence-electron chi connectivity index (χ4n) is 3.85. The van der Waals surface area contributed by atoms with Crippen molar-refractivity contribution in [2.75, 3.05) is 13.1 Å². The molecular weight excluding hydrogens is 421 g/mol. The molecule has 1 heterocycles. The second-order valence-corrected chi connectivity index (χ2v) is 9.19. The predicted octanol–water partition coefficient (Wildman–Crippen LogP) is 4.99. The number of halogens is 2. The average molecular weight is 448 g/mol. The number of nitrogens with zero attached hydrogens (tertiary/aromatic N) is 1. The molecule has 1 aliphatic heterocycles. The molecule has 0 bridgehead atoms. The molecule has 0 aromatic heterocycles. The zero-order chi connectivity index (χ0) is 22.8. The van der Waals surface area contributed by atoms with Crippen molar-refractivity contribution in [3.05, 3.63) is 63.9 Å². The lowest BCUT2D eigenvalue weighted by Gasteiger charge is -2.24. The van der Waals surface area contributed by atoms with Gasteiger partial charge in [0.25, 0.3) is 5.91 Å². The molecule has 1 N–H and O–H groups in total. The van der Waals surface area contributed by atoms with Gasteiger partial charge in [0.15, 0.2) is 0 Å². The number of carbonyl (C=O) groups is 2. The van der Waals surface area contributed by atoms with Crippen molar-refractivity contribution in [3.63, 3.8) is 0 Å². The second kappa shape index (κ2) is 9.27. The van der Waals surface area contributed by atoms with E-state index in [1.54, 1.807) is 24.3 Å². The van der Waals surface area contributed by atoms with Crippen LogP contribution in [-0.4, -0.2) is 40.6 Å². The third-order valence-electron chi connectivity index (χ3n) is 5.38. The van der Waals surface area contributed by atoms with Gasteiger partial charge in [0.05, 0.1) is 5.02 Å². The topological polar surface area (TPSA) is 66.8 Å². The van der Waals surface area contributed by atoms with Crippen molar-refractivity contribution < 1.29 is 23.8 Å². The van der Waals surface area contributed by atoms with Crippen LogP contribution in [0.4, 0.5) is 4.39 Å². The minimum atomic E-state index is -1.04. The van der Waals surface area contributed by atoms with Crippen LogP contribution in [-0.2, 0) is 17.6 Å². The molecule has 5 nitrogen and oxygen atoms in total. The van der Waals surface area contributed by atoms with Gasteiger partial charge in [0.2, 0.25) is 0 Å². The number of hydrogen-bond acceptors (Lipinski definition) is 3. The van der Waals surface area contributed by atoms with Crippen molar-refractivity contribution in [1.82, 2.24) is 4.90 Å². The minimum Gasteiger partial charge on any atom is -0.487 e. The second-order valence-electron chi connectivity index (χ2n) is 8.78. The first kappa shape index (κ1) is 23.1. The Hall–Kier alpha value is -2.60. The molecule has 2 aromatic rings. The van der Waals surface area contributed by atoms with Crippen molar-refractivity contribution in [2.24, 2.45) is 5.92 Å². The Labute approximate surface area is 186 Å². The number of ether oxygens (including phenoxy) is 1. The summed E-state index contributed by atoms with van der Waals surface area (Å²) in [7, 11) is 0. The van der Waals surface area contributed by atoms with E-state index in [0.29, 0.717) is 36.6 Å². The maximum Gasteiger partial charge on any atom is 0.323 e. The number of hydrogen-bond donors (Lipinski definition) is 1. The Balaban J connectivity index is 1.76. The van der Waals surface area contributed by atoms with Crippen LogP contribution in [0.5, 0.6) is 5.75 Å². The highest BCUT2D eigenvalue weighted by atomic mass is 35.5. The van der Waals surface area contributed by atoms with Gasteiger partial charge in [-0.05, 0) is 60.7 Å². The third-order valence-corrected chi connectivity index (χ3v) is 5.69. The van der Waals surface area contributed by atoms with Gasteiger partial charge in [-0.1, -0.05) is 31.5 Å². The van der Waals surface area contributed by atoms with E-state index in [9.17, 15) is 19.1 Å². The van der Waals surface area contributed by atoms with E-state index in [0.717, 1.165) is 17.5 Å². The Kier molecular flexibility index (Phi) is 6.90. The number of aliphatic carboxylic acids is 1. The van der Waals surface area contributed by atoms with E-state index in [2.05, 4.69) is 0 Å². The van der Waals surface area contributed by atoms with Crippen molar-refractivity contribution in [1.29, 1.82) is 0 Å². The molecule has 166 valence electrons. The quantitative estimate of drug-likeness (QED) is 0.619. The number of amides is 1. The van der Waals surface area contributed by atoms with Gasteiger partial charge in [0.1, 0.15) is 23.7 Å². The lowest BCUT2D eigenvalue weighted by molar-refractivity contribution is -0.137. The first-order chi connectivity index (χ1) is 14.6. The molecule has 0 fully saturated rings. The van der Waals surface area contributed by atoms with Gasteiger partial charge >= 0.3 is 5.97 Å². The summed E-state index contributed by atoms with van der Waals surface area (Å²) in [4.78, 5) is 25.6. The number of carbonyl (C=O) groups excluding carboxylic acids is 1. The smallest absolute Gasteiger partial charge is 0.323 e. The van der Waals surface area contributed by atoms with E-state index in [1.807, 2.05) is 20.8 Å². The SMILES string of the molecule is CC(C)CCN(CC(=O)O)C(=O)c1ccc2c(c1)C[C@@](C)(Cc1ccc(Cl)c(F)c1)O2. The van der Waals surface area contributed by atoms with Gasteiger partial charge in [-0.2, -0.15) is 0 Å². The van der Waals surface area contributed by atoms with Gasteiger partial charge in [0, 0.05) is 24.9 Å². The highest BCUT2D eigenvalue weighted by Gasteiger charge is 2.36. The molecule has 31 heavy (non-hydrogen) atoms. The molecule has 1 amide bonds. The highest BCUT2D eigenvalue weighted by Crippen LogP contribution is 2.38. The van der Waals surface area contributed by atoms with Crippen molar-refractivity contribution >= 4 is 23.5 Å². The zero-order valence-corrected chi connectivity index (χ0v) is 18.7. The van der Waals surface area contributed by atoms with Crippen LogP contribution in [0.15, 0.2) is 36.4 Å². The predicted molar refractivity (Wildman–Crippen MR) is 117 cm³/mol. The van der Waals surface area contributed by atoms with Gasteiger partial charge in [-0.3, -0.25) is 9.59 Å². The molecule has 2 aromatic carbocycles. The van der Waals surface area contributed by atoms with Crippen LogP contribution in [0, 0.1) is 11.7 Å². The first-order valence-corrected chi connectivity index (χ1v) is 10.7. The summed E-state index contributed by atoms with van der Waals surface area (Å²) in [5, 5.41) is 9.28. The molecule has 3 rings (SSSR count). The zero-order valence-electron chi connectivity index (χ0n) is 18.0. The largest absolute Gasteiger partial charge is 0.487 e. The average Bonchev–Trinajstić information content (AvgIpc) is 3.01. The highest BCUT2D eigenvalue weighted by molar-refractivity contribution is 6.30. The van der Waals surface area contributed by atoms with Gasteiger partial charge < -0.3 is 14.7 Å². The lowest BCUT2D eigenvalue weighted by atomic mass is 9.91. The van der Waals surface area contributed by atoms with E-state index in [1.165, 1.54) is 17.0 Å². The monoisotopic (exact) mass is 447 g/mol.